The minimum absolute atomic E-state index is 0.103. The highest BCUT2D eigenvalue weighted by Gasteiger charge is 2.29. The molecule has 0 unspecified atom stereocenters. The molecule has 1 amide bonds. The van der Waals surface area contributed by atoms with E-state index in [0.29, 0.717) is 6.54 Å². The zero-order valence-electron chi connectivity index (χ0n) is 9.47. The fourth-order valence-electron chi connectivity index (χ4n) is 1.98. The molecule has 2 rings (SSSR count). The Morgan fingerprint density at radius 2 is 2.18 bits per heavy atom. The molecule has 5 heteroatoms. The Morgan fingerprint density at radius 1 is 1.41 bits per heavy atom. The first-order valence-corrected chi connectivity index (χ1v) is 5.54. The summed E-state index contributed by atoms with van der Waals surface area (Å²) in [5, 5.41) is 5.52. The van der Waals surface area contributed by atoms with Crippen LogP contribution in [0.2, 0.25) is 0 Å². The molecule has 1 aromatic rings. The van der Waals surface area contributed by atoms with Gasteiger partial charge in [-0.3, -0.25) is 4.79 Å². The summed E-state index contributed by atoms with van der Waals surface area (Å²) in [6.07, 6.45) is 0. The summed E-state index contributed by atoms with van der Waals surface area (Å²) in [6, 6.07) is 3.01. The molecule has 3 nitrogen and oxygen atoms in total. The predicted molar refractivity (Wildman–Crippen MR) is 60.5 cm³/mol. The van der Waals surface area contributed by atoms with Crippen molar-refractivity contribution < 1.29 is 13.6 Å². The van der Waals surface area contributed by atoms with Gasteiger partial charge in [0.2, 0.25) is 5.91 Å². The Labute approximate surface area is 98.2 Å². The quantitative estimate of drug-likeness (QED) is 0.827. The van der Waals surface area contributed by atoms with Crippen LogP contribution in [0.15, 0.2) is 18.2 Å². The van der Waals surface area contributed by atoms with Crippen LogP contribution in [0.5, 0.6) is 0 Å². The molecule has 0 aliphatic carbocycles. The normalized spacial score (nSPS) is 23.7. The van der Waals surface area contributed by atoms with Crippen LogP contribution in [-0.2, 0) is 4.79 Å². The van der Waals surface area contributed by atoms with Crippen LogP contribution >= 0.6 is 0 Å². The van der Waals surface area contributed by atoms with Gasteiger partial charge in [-0.25, -0.2) is 8.78 Å². The van der Waals surface area contributed by atoms with Gasteiger partial charge in [-0.2, -0.15) is 0 Å². The fraction of sp³-hybridized carbons (Fsp3) is 0.417. The SMILES string of the molecule is C[C@@H]1CNC[C@H]1C(=O)Nc1cc(F)ccc1F. The van der Waals surface area contributed by atoms with Crippen LogP contribution in [0.3, 0.4) is 0 Å². The molecule has 17 heavy (non-hydrogen) atoms. The van der Waals surface area contributed by atoms with Crippen molar-refractivity contribution in [1.82, 2.24) is 5.32 Å². The Kier molecular flexibility index (Phi) is 3.38. The smallest absolute Gasteiger partial charge is 0.229 e. The van der Waals surface area contributed by atoms with Gasteiger partial charge in [-0.15, -0.1) is 0 Å². The standard InChI is InChI=1S/C12H14F2N2O/c1-7-5-15-6-9(7)12(17)16-11-4-8(13)2-3-10(11)14/h2-4,7,9,15H,5-6H2,1H3,(H,16,17)/t7-,9-/m1/s1. The van der Waals surface area contributed by atoms with Crippen LogP contribution in [0.25, 0.3) is 0 Å². The van der Waals surface area contributed by atoms with Crippen molar-refractivity contribution in [1.29, 1.82) is 0 Å². The van der Waals surface area contributed by atoms with Gasteiger partial charge in [-0.1, -0.05) is 6.92 Å². The van der Waals surface area contributed by atoms with Crippen LogP contribution in [0.1, 0.15) is 6.92 Å². The van der Waals surface area contributed by atoms with Crippen LogP contribution in [0.4, 0.5) is 14.5 Å². The molecular weight excluding hydrogens is 226 g/mol. The van der Waals surface area contributed by atoms with E-state index in [-0.39, 0.29) is 23.4 Å². The van der Waals surface area contributed by atoms with Gasteiger partial charge in [0.25, 0.3) is 0 Å². The zero-order chi connectivity index (χ0) is 12.4. The first-order valence-electron chi connectivity index (χ1n) is 5.54. The van der Waals surface area contributed by atoms with Gasteiger partial charge in [0.1, 0.15) is 11.6 Å². The second-order valence-electron chi connectivity index (χ2n) is 4.36. The summed E-state index contributed by atoms with van der Waals surface area (Å²) in [6.45, 7) is 3.29. The summed E-state index contributed by atoms with van der Waals surface area (Å²) in [4.78, 5) is 11.8. The summed E-state index contributed by atoms with van der Waals surface area (Å²) < 4.78 is 26.2. The van der Waals surface area contributed by atoms with Crippen molar-refractivity contribution in [2.45, 2.75) is 6.92 Å². The Hall–Kier alpha value is -1.49. The molecule has 1 aliphatic rings. The Balaban J connectivity index is 2.10. The molecular formula is C12H14F2N2O. The van der Waals surface area contributed by atoms with E-state index in [4.69, 9.17) is 0 Å². The molecule has 0 aromatic heterocycles. The number of benzene rings is 1. The number of halogens is 2. The molecule has 92 valence electrons. The lowest BCUT2D eigenvalue weighted by Gasteiger charge is -2.14. The molecule has 0 bridgehead atoms. The van der Waals surface area contributed by atoms with Crippen molar-refractivity contribution in [2.75, 3.05) is 18.4 Å². The van der Waals surface area contributed by atoms with Gasteiger partial charge < -0.3 is 10.6 Å². The maximum absolute atomic E-state index is 13.3. The summed E-state index contributed by atoms with van der Waals surface area (Å²) >= 11 is 0. The predicted octanol–water partition coefficient (Wildman–Crippen LogP) is 1.76. The highest BCUT2D eigenvalue weighted by molar-refractivity contribution is 5.93. The second kappa shape index (κ2) is 4.79. The monoisotopic (exact) mass is 240 g/mol. The molecule has 2 N–H and O–H groups in total. The van der Waals surface area contributed by atoms with Crippen molar-refractivity contribution in [3.8, 4) is 0 Å². The third-order valence-corrected chi connectivity index (χ3v) is 3.04. The number of anilines is 1. The molecule has 1 aliphatic heterocycles. The summed E-state index contributed by atoms with van der Waals surface area (Å²) in [5.41, 5.74) is -0.103. The number of hydrogen-bond acceptors (Lipinski definition) is 2. The molecule has 0 saturated carbocycles. The van der Waals surface area contributed by atoms with Crippen molar-refractivity contribution in [3.63, 3.8) is 0 Å². The summed E-state index contributed by atoms with van der Waals surface area (Å²) in [5.74, 6) is -1.46. The third-order valence-electron chi connectivity index (χ3n) is 3.04. The van der Waals surface area contributed by atoms with Crippen LogP contribution in [-0.4, -0.2) is 19.0 Å². The Bertz CT molecular complexity index is 437. The van der Waals surface area contributed by atoms with Crippen LogP contribution in [0, 0.1) is 23.5 Å². The lowest BCUT2D eigenvalue weighted by Crippen LogP contribution is -2.28. The van der Waals surface area contributed by atoms with E-state index in [1.165, 1.54) is 0 Å². The molecule has 1 saturated heterocycles. The molecule has 2 atom stereocenters. The number of rotatable bonds is 2. The van der Waals surface area contributed by atoms with E-state index in [0.717, 1.165) is 24.7 Å². The van der Waals surface area contributed by atoms with Crippen molar-refractivity contribution >= 4 is 11.6 Å². The average molecular weight is 240 g/mol. The number of hydrogen-bond donors (Lipinski definition) is 2. The van der Waals surface area contributed by atoms with Crippen molar-refractivity contribution in [3.05, 3.63) is 29.8 Å². The second-order valence-corrected chi connectivity index (χ2v) is 4.36. The van der Waals surface area contributed by atoms with Crippen LogP contribution < -0.4 is 10.6 Å². The van der Waals surface area contributed by atoms with E-state index in [2.05, 4.69) is 10.6 Å². The maximum Gasteiger partial charge on any atom is 0.229 e. The van der Waals surface area contributed by atoms with Gasteiger partial charge in [-0.05, 0) is 24.6 Å². The van der Waals surface area contributed by atoms with E-state index in [1.807, 2.05) is 6.92 Å². The first kappa shape index (κ1) is 12.0. The highest BCUT2D eigenvalue weighted by atomic mass is 19.1. The zero-order valence-corrected chi connectivity index (χ0v) is 9.47. The van der Waals surface area contributed by atoms with E-state index in [9.17, 15) is 13.6 Å². The lowest BCUT2D eigenvalue weighted by atomic mass is 9.97. The number of carbonyl (C=O) groups is 1. The topological polar surface area (TPSA) is 41.1 Å². The molecule has 1 heterocycles. The molecule has 1 fully saturated rings. The minimum Gasteiger partial charge on any atom is -0.323 e. The third kappa shape index (κ3) is 2.61. The first-order chi connectivity index (χ1) is 8.08. The van der Waals surface area contributed by atoms with Gasteiger partial charge in [0, 0.05) is 12.6 Å². The highest BCUT2D eigenvalue weighted by Crippen LogP contribution is 2.20. The summed E-state index contributed by atoms with van der Waals surface area (Å²) in [7, 11) is 0. The van der Waals surface area contributed by atoms with Gasteiger partial charge >= 0.3 is 0 Å². The Morgan fingerprint density at radius 3 is 2.82 bits per heavy atom. The fourth-order valence-corrected chi connectivity index (χ4v) is 1.98. The van der Waals surface area contributed by atoms with Gasteiger partial charge in [0.15, 0.2) is 0 Å². The maximum atomic E-state index is 13.3. The number of amides is 1. The molecule has 0 spiro atoms. The van der Waals surface area contributed by atoms with E-state index < -0.39 is 11.6 Å². The van der Waals surface area contributed by atoms with Crippen molar-refractivity contribution in [2.24, 2.45) is 11.8 Å². The molecule has 1 aromatic carbocycles. The lowest BCUT2D eigenvalue weighted by molar-refractivity contribution is -0.120. The number of carbonyl (C=O) groups excluding carboxylic acids is 1. The van der Waals surface area contributed by atoms with Gasteiger partial charge in [0.05, 0.1) is 11.6 Å². The number of nitrogens with one attached hydrogen (secondary N) is 2. The largest absolute Gasteiger partial charge is 0.323 e. The minimum atomic E-state index is -0.627. The average Bonchev–Trinajstić information content (AvgIpc) is 2.70. The van der Waals surface area contributed by atoms with E-state index in [1.54, 1.807) is 0 Å². The molecule has 0 radical (unpaired) electrons. The van der Waals surface area contributed by atoms with E-state index >= 15 is 0 Å².